The molecule has 0 spiro atoms. The van der Waals surface area contributed by atoms with E-state index in [0.29, 0.717) is 18.4 Å². The van der Waals surface area contributed by atoms with Crippen LogP contribution in [0.5, 0.6) is 0 Å². The number of hydrogen-bond acceptors (Lipinski definition) is 1. The summed E-state index contributed by atoms with van der Waals surface area (Å²) in [5, 5.41) is 2.81. The van der Waals surface area contributed by atoms with Crippen molar-refractivity contribution in [3.8, 4) is 0 Å². The molecule has 1 N–H and O–H groups in total. The van der Waals surface area contributed by atoms with Gasteiger partial charge in [-0.05, 0) is 24.4 Å². The van der Waals surface area contributed by atoms with E-state index in [0.717, 1.165) is 25.4 Å². The lowest BCUT2D eigenvalue weighted by atomic mass is 9.87. The van der Waals surface area contributed by atoms with E-state index in [1.165, 1.54) is 0 Å². The van der Waals surface area contributed by atoms with E-state index in [9.17, 15) is 9.18 Å². The highest BCUT2D eigenvalue weighted by molar-refractivity contribution is 7.16. The molecular formula is C14H27FNOP. The van der Waals surface area contributed by atoms with Crippen LogP contribution < -0.4 is 5.32 Å². The van der Waals surface area contributed by atoms with Crippen LogP contribution >= 0.6 is 9.24 Å². The standard InChI is InChI=1S/C14H27FNOP/c1-4-6-13(12(5-2)10-18)7-8-16-14(17)11(3)9-15/h5,11-13H,2,4,6-10,18H2,1,3H3,(H,16,17). The molecule has 0 aliphatic heterocycles. The lowest BCUT2D eigenvalue weighted by molar-refractivity contribution is -0.124. The van der Waals surface area contributed by atoms with Crippen LogP contribution in [0, 0.1) is 17.8 Å². The average Bonchev–Trinajstić information content (AvgIpc) is 2.38. The Morgan fingerprint density at radius 2 is 2.17 bits per heavy atom. The number of rotatable bonds is 10. The Kier molecular flexibility index (Phi) is 10.2. The lowest BCUT2D eigenvalue weighted by Gasteiger charge is -2.23. The molecule has 0 fully saturated rings. The molecule has 0 aromatic carbocycles. The van der Waals surface area contributed by atoms with Crippen LogP contribution in [0.2, 0.25) is 0 Å². The molecule has 0 radical (unpaired) electrons. The van der Waals surface area contributed by atoms with Crippen molar-refractivity contribution in [2.75, 3.05) is 19.4 Å². The van der Waals surface area contributed by atoms with E-state index in [1.54, 1.807) is 6.92 Å². The third kappa shape index (κ3) is 6.49. The third-order valence-corrected chi connectivity index (χ3v) is 3.88. The number of carbonyl (C=O) groups excluding carboxylic acids is 1. The number of alkyl halides is 1. The summed E-state index contributed by atoms with van der Waals surface area (Å²) in [6.45, 7) is 7.68. The van der Waals surface area contributed by atoms with Gasteiger partial charge in [0.25, 0.3) is 0 Å². The van der Waals surface area contributed by atoms with Gasteiger partial charge in [-0.15, -0.1) is 15.8 Å². The molecule has 0 aliphatic carbocycles. The van der Waals surface area contributed by atoms with E-state index in [2.05, 4.69) is 28.1 Å². The molecule has 4 atom stereocenters. The summed E-state index contributed by atoms with van der Waals surface area (Å²) in [5.41, 5.74) is 0. The van der Waals surface area contributed by atoms with E-state index < -0.39 is 12.6 Å². The van der Waals surface area contributed by atoms with E-state index in [4.69, 9.17) is 0 Å². The van der Waals surface area contributed by atoms with Crippen molar-refractivity contribution in [3.05, 3.63) is 12.7 Å². The Hall–Kier alpha value is -0.430. The summed E-state index contributed by atoms with van der Waals surface area (Å²) in [5.74, 6) is 0.303. The molecule has 106 valence electrons. The first-order valence-corrected chi connectivity index (χ1v) is 7.58. The molecule has 0 rings (SSSR count). The molecule has 0 saturated heterocycles. The van der Waals surface area contributed by atoms with Gasteiger partial charge in [-0.3, -0.25) is 9.18 Å². The van der Waals surface area contributed by atoms with Crippen LogP contribution in [-0.4, -0.2) is 25.3 Å². The molecule has 4 unspecified atom stereocenters. The van der Waals surface area contributed by atoms with E-state index >= 15 is 0 Å². The first kappa shape index (κ1) is 17.6. The maximum Gasteiger partial charge on any atom is 0.225 e. The van der Waals surface area contributed by atoms with Crippen molar-refractivity contribution in [1.82, 2.24) is 5.32 Å². The Balaban J connectivity index is 4.11. The second-order valence-corrected chi connectivity index (χ2v) is 5.29. The second kappa shape index (κ2) is 10.5. The number of hydrogen-bond donors (Lipinski definition) is 1. The van der Waals surface area contributed by atoms with Crippen molar-refractivity contribution in [1.29, 1.82) is 0 Å². The van der Waals surface area contributed by atoms with Gasteiger partial charge in [0.2, 0.25) is 5.91 Å². The van der Waals surface area contributed by atoms with Crippen LogP contribution in [-0.2, 0) is 4.79 Å². The Morgan fingerprint density at radius 1 is 1.50 bits per heavy atom. The molecule has 18 heavy (non-hydrogen) atoms. The number of halogens is 1. The largest absolute Gasteiger partial charge is 0.356 e. The van der Waals surface area contributed by atoms with Gasteiger partial charge in [-0.2, -0.15) is 0 Å². The topological polar surface area (TPSA) is 29.1 Å². The first-order valence-electron chi connectivity index (χ1n) is 6.76. The van der Waals surface area contributed by atoms with Crippen LogP contribution in [0.3, 0.4) is 0 Å². The molecule has 0 aromatic rings. The minimum Gasteiger partial charge on any atom is -0.356 e. The highest BCUT2D eigenvalue weighted by atomic mass is 31.0. The van der Waals surface area contributed by atoms with Gasteiger partial charge >= 0.3 is 0 Å². The molecule has 0 saturated carbocycles. The SMILES string of the molecule is C=CC(CP)C(CCC)CCNC(=O)C(C)CF. The Bertz CT molecular complexity index is 248. The maximum atomic E-state index is 12.3. The summed E-state index contributed by atoms with van der Waals surface area (Å²) >= 11 is 0. The van der Waals surface area contributed by atoms with E-state index in [-0.39, 0.29) is 5.91 Å². The molecule has 2 nitrogen and oxygen atoms in total. The van der Waals surface area contributed by atoms with Gasteiger partial charge < -0.3 is 5.32 Å². The zero-order valence-corrected chi connectivity index (χ0v) is 12.8. The molecule has 0 heterocycles. The van der Waals surface area contributed by atoms with Crippen molar-refractivity contribution in [2.45, 2.75) is 33.1 Å². The van der Waals surface area contributed by atoms with E-state index in [1.807, 2.05) is 6.08 Å². The summed E-state index contributed by atoms with van der Waals surface area (Å²) in [7, 11) is 2.76. The summed E-state index contributed by atoms with van der Waals surface area (Å²) < 4.78 is 12.3. The zero-order valence-electron chi connectivity index (χ0n) is 11.6. The second-order valence-electron chi connectivity index (χ2n) is 4.82. The summed E-state index contributed by atoms with van der Waals surface area (Å²) in [4.78, 5) is 11.4. The highest BCUT2D eigenvalue weighted by Gasteiger charge is 2.17. The van der Waals surface area contributed by atoms with Gasteiger partial charge in [0.05, 0.1) is 5.92 Å². The van der Waals surface area contributed by atoms with Crippen molar-refractivity contribution >= 4 is 15.1 Å². The number of carbonyl (C=O) groups is 1. The highest BCUT2D eigenvalue weighted by Crippen LogP contribution is 2.24. The zero-order chi connectivity index (χ0) is 14.0. The smallest absolute Gasteiger partial charge is 0.225 e. The minimum absolute atomic E-state index is 0.186. The van der Waals surface area contributed by atoms with Crippen LogP contribution in [0.15, 0.2) is 12.7 Å². The Morgan fingerprint density at radius 3 is 2.61 bits per heavy atom. The van der Waals surface area contributed by atoms with Crippen molar-refractivity contribution < 1.29 is 9.18 Å². The molecule has 1 amide bonds. The first-order chi connectivity index (χ1) is 8.60. The van der Waals surface area contributed by atoms with Crippen molar-refractivity contribution in [3.63, 3.8) is 0 Å². The van der Waals surface area contributed by atoms with Gasteiger partial charge in [0.15, 0.2) is 0 Å². The predicted molar refractivity (Wildman–Crippen MR) is 79.4 cm³/mol. The average molecular weight is 275 g/mol. The fourth-order valence-electron chi connectivity index (χ4n) is 2.05. The van der Waals surface area contributed by atoms with Gasteiger partial charge in [0, 0.05) is 6.54 Å². The van der Waals surface area contributed by atoms with Crippen LogP contribution in [0.4, 0.5) is 4.39 Å². The maximum absolute atomic E-state index is 12.3. The normalized spacial score (nSPS) is 15.8. The fraction of sp³-hybridized carbons (Fsp3) is 0.786. The van der Waals surface area contributed by atoms with Crippen molar-refractivity contribution in [2.24, 2.45) is 17.8 Å². The summed E-state index contributed by atoms with van der Waals surface area (Å²) in [6.07, 6.45) is 6.21. The molecule has 0 aliphatic rings. The molecule has 0 aromatic heterocycles. The Labute approximate surface area is 113 Å². The van der Waals surface area contributed by atoms with Gasteiger partial charge in [0.1, 0.15) is 6.67 Å². The van der Waals surface area contributed by atoms with Crippen LogP contribution in [0.1, 0.15) is 33.1 Å². The van der Waals surface area contributed by atoms with Gasteiger partial charge in [-0.1, -0.05) is 32.8 Å². The number of amides is 1. The quantitative estimate of drug-likeness (QED) is 0.481. The number of allylic oxidation sites excluding steroid dienone is 1. The third-order valence-electron chi connectivity index (χ3n) is 3.33. The summed E-state index contributed by atoms with van der Waals surface area (Å²) in [6, 6.07) is 0. The fourth-order valence-corrected chi connectivity index (χ4v) is 2.63. The monoisotopic (exact) mass is 275 g/mol. The van der Waals surface area contributed by atoms with Crippen LogP contribution in [0.25, 0.3) is 0 Å². The predicted octanol–water partition coefficient (Wildman–Crippen LogP) is 3.19. The van der Waals surface area contributed by atoms with Gasteiger partial charge in [-0.25, -0.2) is 0 Å². The number of nitrogens with one attached hydrogen (secondary N) is 1. The lowest BCUT2D eigenvalue weighted by Crippen LogP contribution is -2.32. The molecular weight excluding hydrogens is 248 g/mol. The molecule has 0 bridgehead atoms. The minimum atomic E-state index is -0.592. The molecule has 4 heteroatoms.